The third-order valence-corrected chi connectivity index (χ3v) is 5.53. The smallest absolute Gasteiger partial charge is 0.237 e. The number of aryl methyl sites for hydroxylation is 2. The molecule has 9 heteroatoms. The van der Waals surface area contributed by atoms with Gasteiger partial charge in [0.15, 0.2) is 11.5 Å². The first-order valence-electron chi connectivity index (χ1n) is 9.24. The predicted octanol–water partition coefficient (Wildman–Crippen LogP) is 3.17. The van der Waals surface area contributed by atoms with Gasteiger partial charge in [0, 0.05) is 11.8 Å². The number of fused-ring (bicyclic) bond motifs is 1. The van der Waals surface area contributed by atoms with Crippen molar-refractivity contribution < 1.29 is 14.3 Å². The number of tetrazole rings is 1. The van der Waals surface area contributed by atoms with Gasteiger partial charge >= 0.3 is 0 Å². The van der Waals surface area contributed by atoms with Crippen LogP contribution < -0.4 is 14.8 Å². The summed E-state index contributed by atoms with van der Waals surface area (Å²) < 4.78 is 12.7. The Morgan fingerprint density at radius 1 is 1.14 bits per heavy atom. The maximum atomic E-state index is 12.7. The molecule has 0 aliphatic carbocycles. The molecule has 29 heavy (non-hydrogen) atoms. The number of amides is 1. The normalized spacial score (nSPS) is 13.8. The SMILES string of the molecule is Cc1ccc(C)c(-n2nnnc2S[C@@H](C)C(=O)Nc2ccc3c(c2)OCCO3)c1. The Balaban J connectivity index is 1.47. The van der Waals surface area contributed by atoms with Crippen LogP contribution in [0.4, 0.5) is 5.69 Å². The summed E-state index contributed by atoms with van der Waals surface area (Å²) in [7, 11) is 0. The molecule has 1 aliphatic heterocycles. The molecule has 0 bridgehead atoms. The monoisotopic (exact) mass is 411 g/mol. The topological polar surface area (TPSA) is 91.2 Å². The van der Waals surface area contributed by atoms with Crippen LogP contribution in [0.1, 0.15) is 18.1 Å². The lowest BCUT2D eigenvalue weighted by Gasteiger charge is -2.19. The van der Waals surface area contributed by atoms with Gasteiger partial charge in [0.2, 0.25) is 11.1 Å². The molecule has 1 aliphatic rings. The summed E-state index contributed by atoms with van der Waals surface area (Å²) in [5, 5.41) is 15.1. The van der Waals surface area contributed by atoms with Gasteiger partial charge in [-0.1, -0.05) is 23.9 Å². The van der Waals surface area contributed by atoms with Crippen LogP contribution in [0, 0.1) is 13.8 Å². The lowest BCUT2D eigenvalue weighted by atomic mass is 10.1. The largest absolute Gasteiger partial charge is 0.486 e. The van der Waals surface area contributed by atoms with E-state index in [1.807, 2.05) is 39.0 Å². The van der Waals surface area contributed by atoms with Crippen LogP contribution >= 0.6 is 11.8 Å². The summed E-state index contributed by atoms with van der Waals surface area (Å²) in [6.07, 6.45) is 0. The molecule has 2 heterocycles. The summed E-state index contributed by atoms with van der Waals surface area (Å²) in [5.74, 6) is 1.17. The van der Waals surface area contributed by atoms with Gasteiger partial charge in [-0.2, -0.15) is 4.68 Å². The molecule has 2 aromatic carbocycles. The molecule has 1 N–H and O–H groups in total. The predicted molar refractivity (Wildman–Crippen MR) is 110 cm³/mol. The van der Waals surface area contributed by atoms with E-state index in [4.69, 9.17) is 9.47 Å². The van der Waals surface area contributed by atoms with Gasteiger partial charge in [0.25, 0.3) is 0 Å². The first-order chi connectivity index (χ1) is 14.0. The highest BCUT2D eigenvalue weighted by Crippen LogP contribution is 2.33. The van der Waals surface area contributed by atoms with Crippen molar-refractivity contribution in [1.82, 2.24) is 20.2 Å². The van der Waals surface area contributed by atoms with Crippen molar-refractivity contribution in [2.75, 3.05) is 18.5 Å². The van der Waals surface area contributed by atoms with Crippen molar-refractivity contribution in [2.45, 2.75) is 31.2 Å². The number of benzene rings is 2. The van der Waals surface area contributed by atoms with Gasteiger partial charge in [-0.3, -0.25) is 4.79 Å². The van der Waals surface area contributed by atoms with Gasteiger partial charge in [-0.05, 0) is 60.5 Å². The standard InChI is InChI=1S/C20H21N5O3S/c1-12-4-5-13(2)16(10-12)25-20(22-23-24-25)29-14(3)19(26)21-15-6-7-17-18(11-15)28-9-8-27-17/h4-7,10-11,14H,8-9H2,1-3H3,(H,21,26)/t14-/m0/s1. The Hall–Kier alpha value is -3.07. The fraction of sp³-hybridized carbons (Fsp3) is 0.300. The first kappa shape index (κ1) is 19.3. The molecule has 3 aromatic rings. The molecule has 0 saturated heterocycles. The molecule has 8 nitrogen and oxygen atoms in total. The van der Waals surface area contributed by atoms with E-state index in [1.54, 1.807) is 22.9 Å². The van der Waals surface area contributed by atoms with Crippen LogP contribution in [0.15, 0.2) is 41.6 Å². The van der Waals surface area contributed by atoms with Crippen LogP contribution in [0.25, 0.3) is 5.69 Å². The zero-order chi connectivity index (χ0) is 20.4. The molecule has 150 valence electrons. The van der Waals surface area contributed by atoms with Gasteiger partial charge in [-0.15, -0.1) is 5.10 Å². The third-order valence-electron chi connectivity index (χ3n) is 4.49. The summed E-state index contributed by atoms with van der Waals surface area (Å²) >= 11 is 1.30. The molecule has 0 radical (unpaired) electrons. The number of hydrogen-bond donors (Lipinski definition) is 1. The molecule has 0 saturated carbocycles. The van der Waals surface area contributed by atoms with E-state index in [0.29, 0.717) is 35.6 Å². The number of rotatable bonds is 5. The van der Waals surface area contributed by atoms with E-state index < -0.39 is 5.25 Å². The fourth-order valence-corrected chi connectivity index (χ4v) is 3.73. The number of ether oxygens (including phenoxy) is 2. The van der Waals surface area contributed by atoms with Crippen LogP contribution in [-0.2, 0) is 4.79 Å². The molecule has 4 rings (SSSR count). The number of carbonyl (C=O) groups is 1. The minimum atomic E-state index is -0.405. The number of carbonyl (C=O) groups excluding carboxylic acids is 1. The van der Waals surface area contributed by atoms with Crippen LogP contribution in [0.3, 0.4) is 0 Å². The van der Waals surface area contributed by atoms with Crippen molar-refractivity contribution >= 4 is 23.4 Å². The second-order valence-electron chi connectivity index (χ2n) is 6.77. The van der Waals surface area contributed by atoms with Crippen LogP contribution in [-0.4, -0.2) is 44.6 Å². The molecule has 0 fully saturated rings. The van der Waals surface area contributed by atoms with Crippen LogP contribution in [0.5, 0.6) is 11.5 Å². The summed E-state index contributed by atoms with van der Waals surface area (Å²) in [5.41, 5.74) is 3.72. The molecule has 1 aromatic heterocycles. The van der Waals surface area contributed by atoms with Gasteiger partial charge in [0.1, 0.15) is 13.2 Å². The van der Waals surface area contributed by atoms with Gasteiger partial charge in [-0.25, -0.2) is 0 Å². The number of nitrogens with zero attached hydrogens (tertiary/aromatic N) is 4. The number of anilines is 1. The zero-order valence-corrected chi connectivity index (χ0v) is 17.2. The molecule has 1 amide bonds. The lowest BCUT2D eigenvalue weighted by Crippen LogP contribution is -2.23. The minimum absolute atomic E-state index is 0.151. The average Bonchev–Trinajstić information content (AvgIpc) is 3.17. The quantitative estimate of drug-likeness (QED) is 0.645. The number of thioether (sulfide) groups is 1. The summed E-state index contributed by atoms with van der Waals surface area (Å²) in [4.78, 5) is 12.7. The Kier molecular flexibility index (Phi) is 5.39. The van der Waals surface area contributed by atoms with Crippen molar-refractivity contribution in [3.63, 3.8) is 0 Å². The number of nitrogens with one attached hydrogen (secondary N) is 1. The van der Waals surface area contributed by atoms with E-state index in [0.717, 1.165) is 16.8 Å². The van der Waals surface area contributed by atoms with Gasteiger partial charge < -0.3 is 14.8 Å². The molecular weight excluding hydrogens is 390 g/mol. The van der Waals surface area contributed by atoms with E-state index in [2.05, 4.69) is 20.8 Å². The highest BCUT2D eigenvalue weighted by Gasteiger charge is 2.21. The molecule has 0 spiro atoms. The number of aromatic nitrogens is 4. The van der Waals surface area contributed by atoms with E-state index in [-0.39, 0.29) is 5.91 Å². The highest BCUT2D eigenvalue weighted by atomic mass is 32.2. The Labute approximate surface area is 172 Å². The second kappa shape index (κ2) is 8.12. The Bertz CT molecular complexity index is 1050. The molecule has 1 atom stereocenters. The number of hydrogen-bond acceptors (Lipinski definition) is 7. The van der Waals surface area contributed by atoms with Crippen molar-refractivity contribution in [1.29, 1.82) is 0 Å². The third kappa shape index (κ3) is 4.19. The summed E-state index contributed by atoms with van der Waals surface area (Å²) in [6, 6.07) is 11.4. The summed E-state index contributed by atoms with van der Waals surface area (Å²) in [6.45, 7) is 6.87. The van der Waals surface area contributed by atoms with Crippen molar-refractivity contribution in [2.24, 2.45) is 0 Å². The fourth-order valence-electron chi connectivity index (χ4n) is 2.93. The minimum Gasteiger partial charge on any atom is -0.486 e. The van der Waals surface area contributed by atoms with E-state index in [9.17, 15) is 4.79 Å². The van der Waals surface area contributed by atoms with Crippen LogP contribution in [0.2, 0.25) is 0 Å². The molecule has 0 unspecified atom stereocenters. The van der Waals surface area contributed by atoms with Gasteiger partial charge in [0.05, 0.1) is 10.9 Å². The Morgan fingerprint density at radius 2 is 1.93 bits per heavy atom. The van der Waals surface area contributed by atoms with E-state index >= 15 is 0 Å². The maximum absolute atomic E-state index is 12.7. The zero-order valence-electron chi connectivity index (χ0n) is 16.4. The maximum Gasteiger partial charge on any atom is 0.237 e. The second-order valence-corrected chi connectivity index (χ2v) is 8.08. The molecular formula is C20H21N5O3S. The van der Waals surface area contributed by atoms with Crippen molar-refractivity contribution in [3.8, 4) is 17.2 Å². The first-order valence-corrected chi connectivity index (χ1v) is 10.1. The average molecular weight is 411 g/mol. The lowest BCUT2D eigenvalue weighted by molar-refractivity contribution is -0.115. The van der Waals surface area contributed by atoms with E-state index in [1.165, 1.54) is 11.8 Å². The van der Waals surface area contributed by atoms with Crippen molar-refractivity contribution in [3.05, 3.63) is 47.5 Å². The highest BCUT2D eigenvalue weighted by molar-refractivity contribution is 8.00. The Morgan fingerprint density at radius 3 is 2.76 bits per heavy atom.